The topological polar surface area (TPSA) is 114 Å². The molecule has 116 valence electrons. The molecule has 0 aliphatic carbocycles. The molecule has 1 aromatic rings. The van der Waals surface area contributed by atoms with Crippen molar-refractivity contribution in [1.82, 2.24) is 0 Å². The van der Waals surface area contributed by atoms with Crippen LogP contribution in [0.25, 0.3) is 0 Å². The number of sulfonamides is 1. The number of ether oxygens (including phenoxy) is 1. The fraction of sp³-hybridized carbons (Fsp3) is 0.417. The number of hydrogen-bond acceptors (Lipinski definition) is 5. The summed E-state index contributed by atoms with van der Waals surface area (Å²) in [6.07, 6.45) is 1.14. The molecule has 7 nitrogen and oxygen atoms in total. The lowest BCUT2D eigenvalue weighted by Crippen LogP contribution is -2.26. The molecular formula is C12H16FN3O4S. The van der Waals surface area contributed by atoms with Gasteiger partial charge in [-0.2, -0.15) is 0 Å². The summed E-state index contributed by atoms with van der Waals surface area (Å²) in [4.78, 5) is 0. The highest BCUT2D eigenvalue weighted by molar-refractivity contribution is 7.92. The average Bonchev–Trinajstić information content (AvgIpc) is 2.92. The van der Waals surface area contributed by atoms with E-state index < -0.39 is 15.8 Å². The van der Waals surface area contributed by atoms with Gasteiger partial charge in [0.15, 0.2) is 5.84 Å². The summed E-state index contributed by atoms with van der Waals surface area (Å²) < 4.78 is 45.1. The number of amidine groups is 1. The highest BCUT2D eigenvalue weighted by Gasteiger charge is 2.24. The van der Waals surface area contributed by atoms with Crippen molar-refractivity contribution in [2.75, 3.05) is 17.1 Å². The molecule has 0 saturated carbocycles. The Labute approximate surface area is 121 Å². The van der Waals surface area contributed by atoms with Crippen LogP contribution in [-0.4, -0.2) is 37.9 Å². The fourth-order valence-corrected chi connectivity index (χ4v) is 3.38. The minimum Gasteiger partial charge on any atom is -0.409 e. The van der Waals surface area contributed by atoms with Gasteiger partial charge in [-0.05, 0) is 31.0 Å². The van der Waals surface area contributed by atoms with Gasteiger partial charge in [0.05, 0.1) is 17.5 Å². The average molecular weight is 317 g/mol. The maximum atomic E-state index is 13.8. The number of oxime groups is 1. The Bertz CT molecular complexity index is 642. The number of nitrogens with zero attached hydrogens (tertiary/aromatic N) is 1. The molecule has 0 radical (unpaired) electrons. The van der Waals surface area contributed by atoms with Crippen molar-refractivity contribution in [2.45, 2.75) is 18.9 Å². The van der Waals surface area contributed by atoms with Crippen molar-refractivity contribution in [3.05, 3.63) is 29.6 Å². The molecule has 1 aliphatic rings. The summed E-state index contributed by atoms with van der Waals surface area (Å²) in [6.45, 7) is 0.545. The van der Waals surface area contributed by atoms with E-state index in [0.717, 1.165) is 12.5 Å². The predicted octanol–water partition coefficient (Wildman–Crippen LogP) is 0.841. The molecule has 2 rings (SSSR count). The van der Waals surface area contributed by atoms with Crippen molar-refractivity contribution in [3.63, 3.8) is 0 Å². The molecule has 0 amide bonds. The first-order valence-electron chi connectivity index (χ1n) is 6.31. The van der Waals surface area contributed by atoms with E-state index in [1.807, 2.05) is 0 Å². The largest absolute Gasteiger partial charge is 0.409 e. The number of hydrogen-bond donors (Lipinski definition) is 3. The first kappa shape index (κ1) is 15.5. The van der Waals surface area contributed by atoms with Crippen LogP contribution in [0.15, 0.2) is 23.4 Å². The second kappa shape index (κ2) is 6.27. The van der Waals surface area contributed by atoms with Crippen LogP contribution in [0, 0.1) is 5.82 Å². The van der Waals surface area contributed by atoms with E-state index in [-0.39, 0.29) is 28.9 Å². The zero-order chi connectivity index (χ0) is 15.5. The fourth-order valence-electron chi connectivity index (χ4n) is 2.04. The van der Waals surface area contributed by atoms with Crippen LogP contribution in [-0.2, 0) is 14.8 Å². The van der Waals surface area contributed by atoms with Gasteiger partial charge in [-0.1, -0.05) is 5.16 Å². The van der Waals surface area contributed by atoms with Gasteiger partial charge < -0.3 is 15.7 Å². The highest BCUT2D eigenvalue weighted by Crippen LogP contribution is 2.19. The normalized spacial score (nSPS) is 19.7. The van der Waals surface area contributed by atoms with Gasteiger partial charge in [-0.3, -0.25) is 4.72 Å². The Kier molecular flexibility index (Phi) is 4.63. The van der Waals surface area contributed by atoms with E-state index in [1.54, 1.807) is 0 Å². The molecule has 21 heavy (non-hydrogen) atoms. The zero-order valence-electron chi connectivity index (χ0n) is 11.1. The molecule has 1 saturated heterocycles. The third-order valence-corrected chi connectivity index (χ3v) is 4.41. The Morgan fingerprint density at radius 3 is 2.90 bits per heavy atom. The maximum Gasteiger partial charge on any atom is 0.235 e. The molecule has 4 N–H and O–H groups in total. The Balaban J connectivity index is 2.11. The van der Waals surface area contributed by atoms with Crippen molar-refractivity contribution >= 4 is 21.5 Å². The summed E-state index contributed by atoms with van der Waals surface area (Å²) in [5.74, 6) is -1.29. The lowest BCUT2D eigenvalue weighted by molar-refractivity contribution is 0.127. The maximum absolute atomic E-state index is 13.8. The second-order valence-corrected chi connectivity index (χ2v) is 6.47. The van der Waals surface area contributed by atoms with Crippen molar-refractivity contribution in [1.29, 1.82) is 0 Å². The second-order valence-electron chi connectivity index (χ2n) is 4.70. The van der Waals surface area contributed by atoms with E-state index in [0.29, 0.717) is 13.0 Å². The molecule has 1 aliphatic heterocycles. The first-order chi connectivity index (χ1) is 9.91. The van der Waals surface area contributed by atoms with Crippen LogP contribution in [0.4, 0.5) is 10.1 Å². The minimum atomic E-state index is -3.71. The smallest absolute Gasteiger partial charge is 0.235 e. The standard InChI is InChI=1S/C12H16FN3O4S/c13-10-6-8(12(14)15-17)3-4-11(10)16-21(18,19)7-9-2-1-5-20-9/h3-4,6,9,16-17H,1-2,5,7H2,(H2,14,15). The molecule has 9 heteroatoms. The van der Waals surface area contributed by atoms with Gasteiger partial charge in [-0.15, -0.1) is 0 Å². The molecule has 0 spiro atoms. The van der Waals surface area contributed by atoms with Gasteiger partial charge in [0, 0.05) is 12.2 Å². The predicted molar refractivity (Wildman–Crippen MR) is 75.3 cm³/mol. The third kappa shape index (κ3) is 4.05. The Hall–Kier alpha value is -1.87. The number of benzene rings is 1. The summed E-state index contributed by atoms with van der Waals surface area (Å²) in [5, 5.41) is 11.3. The van der Waals surface area contributed by atoms with Gasteiger partial charge in [0.25, 0.3) is 0 Å². The van der Waals surface area contributed by atoms with Crippen LogP contribution in [0.1, 0.15) is 18.4 Å². The number of rotatable bonds is 5. The number of nitrogens with two attached hydrogens (primary N) is 1. The number of nitrogens with one attached hydrogen (secondary N) is 1. The molecule has 1 fully saturated rings. The SMILES string of the molecule is N/C(=N/O)c1ccc(NS(=O)(=O)CC2CCCO2)c(F)c1. The van der Waals surface area contributed by atoms with E-state index >= 15 is 0 Å². The molecule has 0 aromatic heterocycles. The zero-order valence-corrected chi connectivity index (χ0v) is 11.9. The minimum absolute atomic E-state index is 0.150. The lowest BCUT2D eigenvalue weighted by atomic mass is 10.2. The summed E-state index contributed by atoms with van der Waals surface area (Å²) in [5.41, 5.74) is 5.29. The molecule has 0 bridgehead atoms. The van der Waals surface area contributed by atoms with Crippen LogP contribution in [0.5, 0.6) is 0 Å². The molecule has 1 aromatic carbocycles. The summed E-state index contributed by atoms with van der Waals surface area (Å²) in [7, 11) is -3.71. The van der Waals surface area contributed by atoms with Gasteiger partial charge in [0.2, 0.25) is 10.0 Å². The van der Waals surface area contributed by atoms with Crippen LogP contribution in [0.3, 0.4) is 0 Å². The van der Waals surface area contributed by atoms with Crippen molar-refractivity contribution in [3.8, 4) is 0 Å². The molecule has 1 unspecified atom stereocenters. The monoisotopic (exact) mass is 317 g/mol. The van der Waals surface area contributed by atoms with E-state index in [4.69, 9.17) is 15.7 Å². The van der Waals surface area contributed by atoms with Crippen LogP contribution in [0.2, 0.25) is 0 Å². The van der Waals surface area contributed by atoms with Crippen molar-refractivity contribution < 1.29 is 22.8 Å². The Morgan fingerprint density at radius 1 is 1.57 bits per heavy atom. The third-order valence-electron chi connectivity index (χ3n) is 3.07. The van der Waals surface area contributed by atoms with Gasteiger partial charge in [0.1, 0.15) is 5.82 Å². The highest BCUT2D eigenvalue weighted by atomic mass is 32.2. The summed E-state index contributed by atoms with van der Waals surface area (Å²) in [6, 6.07) is 3.55. The van der Waals surface area contributed by atoms with Crippen LogP contribution >= 0.6 is 0 Å². The first-order valence-corrected chi connectivity index (χ1v) is 7.96. The molecular weight excluding hydrogens is 301 g/mol. The van der Waals surface area contributed by atoms with Crippen LogP contribution < -0.4 is 10.5 Å². The van der Waals surface area contributed by atoms with Gasteiger partial charge >= 0.3 is 0 Å². The van der Waals surface area contributed by atoms with Crippen molar-refractivity contribution in [2.24, 2.45) is 10.9 Å². The molecule has 1 atom stereocenters. The lowest BCUT2D eigenvalue weighted by Gasteiger charge is -2.13. The van der Waals surface area contributed by atoms with E-state index in [2.05, 4.69) is 9.88 Å². The Morgan fingerprint density at radius 2 is 2.33 bits per heavy atom. The number of halogens is 1. The summed E-state index contributed by atoms with van der Waals surface area (Å²) >= 11 is 0. The number of anilines is 1. The quantitative estimate of drug-likeness (QED) is 0.322. The van der Waals surface area contributed by atoms with E-state index in [1.165, 1.54) is 12.1 Å². The molecule has 1 heterocycles. The van der Waals surface area contributed by atoms with Gasteiger partial charge in [-0.25, -0.2) is 12.8 Å². The van der Waals surface area contributed by atoms with E-state index in [9.17, 15) is 12.8 Å².